The number of benzene rings is 1. The maximum absolute atomic E-state index is 11.6. The van der Waals surface area contributed by atoms with Gasteiger partial charge in [0.15, 0.2) is 0 Å². The lowest BCUT2D eigenvalue weighted by atomic mass is 9.75. The predicted octanol–water partition coefficient (Wildman–Crippen LogP) is 2.35. The molecule has 0 atom stereocenters. The standard InChI is InChI=1S/C15H20O4/c1-14(2,3)10-5-6-12(18-4)11(7-10)15(13(16)17)8-19-9-15/h5-7H,8-9H2,1-4H3,(H,16,17). The van der Waals surface area contributed by atoms with Crippen molar-refractivity contribution in [2.45, 2.75) is 31.6 Å². The lowest BCUT2D eigenvalue weighted by molar-refractivity contribution is -0.163. The monoisotopic (exact) mass is 264 g/mol. The van der Waals surface area contributed by atoms with E-state index in [-0.39, 0.29) is 18.6 Å². The highest BCUT2D eigenvalue weighted by atomic mass is 16.5. The van der Waals surface area contributed by atoms with Crippen LogP contribution < -0.4 is 4.74 Å². The number of aliphatic carboxylic acids is 1. The Kier molecular flexibility index (Phi) is 3.31. The van der Waals surface area contributed by atoms with E-state index >= 15 is 0 Å². The second-order valence-corrected chi connectivity index (χ2v) is 6.05. The van der Waals surface area contributed by atoms with Crippen molar-refractivity contribution >= 4 is 5.97 Å². The van der Waals surface area contributed by atoms with Crippen molar-refractivity contribution in [3.05, 3.63) is 29.3 Å². The van der Waals surface area contributed by atoms with Crippen LogP contribution in [0, 0.1) is 0 Å². The first-order chi connectivity index (χ1) is 8.81. The summed E-state index contributed by atoms with van der Waals surface area (Å²) in [6.07, 6.45) is 0. The van der Waals surface area contributed by atoms with Crippen molar-refractivity contribution in [1.82, 2.24) is 0 Å². The van der Waals surface area contributed by atoms with Gasteiger partial charge in [0.25, 0.3) is 0 Å². The molecule has 0 amide bonds. The minimum absolute atomic E-state index is 0.0364. The Balaban J connectivity index is 2.57. The molecule has 1 heterocycles. The van der Waals surface area contributed by atoms with Crippen molar-refractivity contribution in [2.24, 2.45) is 0 Å². The van der Waals surface area contributed by atoms with Gasteiger partial charge in [0.2, 0.25) is 0 Å². The molecule has 0 spiro atoms. The van der Waals surface area contributed by atoms with E-state index in [1.165, 1.54) is 0 Å². The largest absolute Gasteiger partial charge is 0.496 e. The number of carboxylic acid groups (broad SMARTS) is 1. The lowest BCUT2D eigenvalue weighted by Crippen LogP contribution is -2.53. The number of carboxylic acids is 1. The molecule has 1 saturated heterocycles. The van der Waals surface area contributed by atoms with Gasteiger partial charge in [-0.25, -0.2) is 0 Å². The molecule has 0 unspecified atom stereocenters. The van der Waals surface area contributed by atoms with Gasteiger partial charge in [-0.2, -0.15) is 0 Å². The van der Waals surface area contributed by atoms with Crippen LogP contribution in [0.25, 0.3) is 0 Å². The Morgan fingerprint density at radius 3 is 2.37 bits per heavy atom. The fourth-order valence-electron chi connectivity index (χ4n) is 2.25. The number of methoxy groups -OCH3 is 1. The molecule has 4 nitrogen and oxygen atoms in total. The first-order valence-electron chi connectivity index (χ1n) is 6.31. The summed E-state index contributed by atoms with van der Waals surface area (Å²) in [6.45, 7) is 6.70. The predicted molar refractivity (Wildman–Crippen MR) is 71.8 cm³/mol. The van der Waals surface area contributed by atoms with Gasteiger partial charge >= 0.3 is 5.97 Å². The van der Waals surface area contributed by atoms with Crippen LogP contribution in [0.1, 0.15) is 31.9 Å². The Morgan fingerprint density at radius 2 is 2.00 bits per heavy atom. The topological polar surface area (TPSA) is 55.8 Å². The first-order valence-corrected chi connectivity index (χ1v) is 6.31. The number of hydrogen-bond acceptors (Lipinski definition) is 3. The van der Waals surface area contributed by atoms with Crippen molar-refractivity contribution < 1.29 is 19.4 Å². The van der Waals surface area contributed by atoms with Crippen LogP contribution >= 0.6 is 0 Å². The van der Waals surface area contributed by atoms with Crippen LogP contribution in [0.5, 0.6) is 5.75 Å². The van der Waals surface area contributed by atoms with E-state index in [1.54, 1.807) is 7.11 Å². The molecule has 1 aromatic rings. The van der Waals surface area contributed by atoms with Gasteiger partial charge in [-0.3, -0.25) is 4.79 Å². The summed E-state index contributed by atoms with van der Waals surface area (Å²) in [6, 6.07) is 5.77. The average Bonchev–Trinajstić information content (AvgIpc) is 2.25. The van der Waals surface area contributed by atoms with E-state index in [9.17, 15) is 9.90 Å². The summed E-state index contributed by atoms with van der Waals surface area (Å²) < 4.78 is 10.5. The molecule has 1 aromatic carbocycles. The molecule has 104 valence electrons. The molecule has 0 saturated carbocycles. The number of rotatable bonds is 3. The summed E-state index contributed by atoms with van der Waals surface area (Å²) in [5.74, 6) is -0.248. The fourth-order valence-corrected chi connectivity index (χ4v) is 2.25. The van der Waals surface area contributed by atoms with Crippen LogP contribution in [0.2, 0.25) is 0 Å². The normalized spacial score (nSPS) is 17.7. The highest BCUT2D eigenvalue weighted by Crippen LogP contribution is 2.40. The molecule has 4 heteroatoms. The van der Waals surface area contributed by atoms with Crippen molar-refractivity contribution in [3.63, 3.8) is 0 Å². The molecule has 1 fully saturated rings. The minimum atomic E-state index is -0.966. The maximum atomic E-state index is 11.6. The van der Waals surface area contributed by atoms with E-state index in [0.29, 0.717) is 11.3 Å². The van der Waals surface area contributed by atoms with Crippen molar-refractivity contribution in [1.29, 1.82) is 0 Å². The number of ether oxygens (including phenoxy) is 2. The molecule has 19 heavy (non-hydrogen) atoms. The van der Waals surface area contributed by atoms with Gasteiger partial charge in [0.05, 0.1) is 20.3 Å². The van der Waals surface area contributed by atoms with Gasteiger partial charge in [-0.15, -0.1) is 0 Å². The summed E-state index contributed by atoms with van der Waals surface area (Å²) in [5, 5.41) is 9.52. The summed E-state index contributed by atoms with van der Waals surface area (Å²) in [4.78, 5) is 11.6. The number of carbonyl (C=O) groups is 1. The Morgan fingerprint density at radius 1 is 1.37 bits per heavy atom. The van der Waals surface area contributed by atoms with Crippen LogP contribution in [-0.2, 0) is 20.4 Å². The average molecular weight is 264 g/mol. The number of hydrogen-bond donors (Lipinski definition) is 1. The first kappa shape index (κ1) is 13.9. The maximum Gasteiger partial charge on any atom is 0.319 e. The summed E-state index contributed by atoms with van der Waals surface area (Å²) in [5.41, 5.74) is 0.801. The van der Waals surface area contributed by atoms with Gasteiger partial charge in [0.1, 0.15) is 11.2 Å². The van der Waals surface area contributed by atoms with E-state index in [0.717, 1.165) is 5.56 Å². The zero-order valence-electron chi connectivity index (χ0n) is 11.8. The molecule has 1 aliphatic rings. The molecule has 0 aromatic heterocycles. The third-order valence-electron chi connectivity index (χ3n) is 3.69. The lowest BCUT2D eigenvalue weighted by Gasteiger charge is -2.39. The van der Waals surface area contributed by atoms with Crippen LogP contribution in [0.4, 0.5) is 0 Å². The molecule has 2 rings (SSSR count). The molecule has 1 aliphatic heterocycles. The summed E-state index contributed by atoms with van der Waals surface area (Å²) in [7, 11) is 1.56. The SMILES string of the molecule is COc1ccc(C(C)(C)C)cc1C1(C(=O)O)COC1. The molecule has 0 bridgehead atoms. The van der Waals surface area contributed by atoms with Gasteiger partial charge in [0, 0.05) is 5.56 Å². The molecule has 1 N–H and O–H groups in total. The third-order valence-corrected chi connectivity index (χ3v) is 3.69. The van der Waals surface area contributed by atoms with Crippen molar-refractivity contribution in [2.75, 3.05) is 20.3 Å². The zero-order valence-corrected chi connectivity index (χ0v) is 11.8. The smallest absolute Gasteiger partial charge is 0.319 e. The molecular weight excluding hydrogens is 244 g/mol. The Bertz CT molecular complexity index is 495. The Hall–Kier alpha value is -1.55. The fraction of sp³-hybridized carbons (Fsp3) is 0.533. The van der Waals surface area contributed by atoms with E-state index in [4.69, 9.17) is 9.47 Å². The second kappa shape index (κ2) is 4.53. The zero-order chi connectivity index (χ0) is 14.3. The van der Waals surface area contributed by atoms with Gasteiger partial charge in [-0.05, 0) is 17.0 Å². The second-order valence-electron chi connectivity index (χ2n) is 6.05. The highest BCUT2D eigenvalue weighted by Gasteiger charge is 2.49. The summed E-state index contributed by atoms with van der Waals surface area (Å²) >= 11 is 0. The quantitative estimate of drug-likeness (QED) is 0.910. The third kappa shape index (κ3) is 2.21. The van der Waals surface area contributed by atoms with Crippen LogP contribution in [0.3, 0.4) is 0 Å². The van der Waals surface area contributed by atoms with Crippen LogP contribution in [-0.4, -0.2) is 31.4 Å². The van der Waals surface area contributed by atoms with E-state index in [1.807, 2.05) is 18.2 Å². The van der Waals surface area contributed by atoms with Gasteiger partial charge in [-0.1, -0.05) is 32.9 Å². The van der Waals surface area contributed by atoms with Crippen molar-refractivity contribution in [3.8, 4) is 5.75 Å². The minimum Gasteiger partial charge on any atom is -0.496 e. The molecular formula is C15H20O4. The Labute approximate surface area is 113 Å². The van der Waals surface area contributed by atoms with Gasteiger partial charge < -0.3 is 14.6 Å². The van der Waals surface area contributed by atoms with E-state index < -0.39 is 11.4 Å². The highest BCUT2D eigenvalue weighted by molar-refractivity contribution is 5.84. The molecule has 0 aliphatic carbocycles. The van der Waals surface area contributed by atoms with E-state index in [2.05, 4.69) is 20.8 Å². The molecule has 0 radical (unpaired) electrons. The van der Waals surface area contributed by atoms with Crippen LogP contribution in [0.15, 0.2) is 18.2 Å².